The highest BCUT2D eigenvalue weighted by Crippen LogP contribution is 2.23. The zero-order valence-electron chi connectivity index (χ0n) is 12.5. The molecule has 1 aromatic rings. The molecule has 0 heterocycles. The number of carbonyl (C=O) groups is 1. The van der Waals surface area contributed by atoms with Crippen molar-refractivity contribution in [1.29, 1.82) is 0 Å². The van der Waals surface area contributed by atoms with E-state index in [1.165, 1.54) is 6.07 Å². The number of amides is 1. The Kier molecular flexibility index (Phi) is 5.67. The molecular formula is C15H22N2O3. The van der Waals surface area contributed by atoms with Gasteiger partial charge in [0.2, 0.25) is 0 Å². The first-order valence-corrected chi connectivity index (χ1v) is 6.87. The number of para-hydroxylation sites is 1. The first-order chi connectivity index (χ1) is 9.32. The molecular weight excluding hydrogens is 256 g/mol. The van der Waals surface area contributed by atoms with Crippen LogP contribution in [0.2, 0.25) is 0 Å². The normalized spacial score (nSPS) is 12.2. The lowest BCUT2D eigenvalue weighted by atomic mass is 10.0. The molecule has 0 aliphatic carbocycles. The van der Waals surface area contributed by atoms with Crippen LogP contribution in [0.4, 0.5) is 5.69 Å². The number of benzene rings is 1. The van der Waals surface area contributed by atoms with Crippen LogP contribution in [-0.4, -0.2) is 16.9 Å². The molecule has 0 aromatic heterocycles. The van der Waals surface area contributed by atoms with Crippen molar-refractivity contribution in [2.75, 3.05) is 0 Å². The van der Waals surface area contributed by atoms with E-state index >= 15 is 0 Å². The van der Waals surface area contributed by atoms with Crippen LogP contribution in [0.15, 0.2) is 18.2 Å². The third-order valence-electron chi connectivity index (χ3n) is 3.22. The smallest absolute Gasteiger partial charge is 0.285 e. The number of nitrogens with one attached hydrogen (secondary N) is 1. The van der Waals surface area contributed by atoms with Crippen molar-refractivity contribution in [1.82, 2.24) is 5.32 Å². The van der Waals surface area contributed by atoms with E-state index in [1.807, 2.05) is 6.92 Å². The number of hydrogen-bond donors (Lipinski definition) is 1. The number of nitro groups is 1. The number of aryl methyl sites for hydroxylation is 1. The Morgan fingerprint density at radius 3 is 2.50 bits per heavy atom. The van der Waals surface area contributed by atoms with E-state index in [4.69, 9.17) is 0 Å². The minimum Gasteiger partial charge on any atom is -0.349 e. The predicted molar refractivity (Wildman–Crippen MR) is 78.8 cm³/mol. The summed E-state index contributed by atoms with van der Waals surface area (Å²) < 4.78 is 0. The molecule has 110 valence electrons. The molecule has 0 saturated carbocycles. The Hall–Kier alpha value is -1.91. The Bertz CT molecular complexity index is 498. The lowest BCUT2D eigenvalue weighted by molar-refractivity contribution is -0.385. The molecule has 0 unspecified atom stereocenters. The van der Waals surface area contributed by atoms with Crippen molar-refractivity contribution in [2.24, 2.45) is 5.92 Å². The molecule has 0 spiro atoms. The number of nitro benzene ring substituents is 1. The van der Waals surface area contributed by atoms with E-state index in [0.29, 0.717) is 11.5 Å². The van der Waals surface area contributed by atoms with E-state index in [2.05, 4.69) is 19.2 Å². The van der Waals surface area contributed by atoms with Gasteiger partial charge in [-0.3, -0.25) is 14.9 Å². The summed E-state index contributed by atoms with van der Waals surface area (Å²) in [4.78, 5) is 22.7. The van der Waals surface area contributed by atoms with E-state index < -0.39 is 4.92 Å². The number of rotatable bonds is 6. The monoisotopic (exact) mass is 278 g/mol. The van der Waals surface area contributed by atoms with Gasteiger partial charge in [-0.2, -0.15) is 0 Å². The standard InChI is InChI=1S/C15H22N2O3/c1-10(2)8-9-12(4)16-15(18)13-7-5-6-11(3)14(13)17(19)20/h5-7,10,12H,8-9H2,1-4H3,(H,16,18)/t12-/m1/s1. The first kappa shape index (κ1) is 16.1. The molecule has 0 bridgehead atoms. The maximum atomic E-state index is 12.2. The van der Waals surface area contributed by atoms with Gasteiger partial charge in [-0.15, -0.1) is 0 Å². The van der Waals surface area contributed by atoms with E-state index in [-0.39, 0.29) is 23.2 Å². The topological polar surface area (TPSA) is 72.2 Å². The van der Waals surface area contributed by atoms with Gasteiger partial charge in [0.05, 0.1) is 4.92 Å². The van der Waals surface area contributed by atoms with Crippen molar-refractivity contribution in [3.63, 3.8) is 0 Å². The van der Waals surface area contributed by atoms with E-state index in [0.717, 1.165) is 12.8 Å². The summed E-state index contributed by atoms with van der Waals surface area (Å²) in [6, 6.07) is 4.80. The van der Waals surface area contributed by atoms with Crippen LogP contribution in [0.3, 0.4) is 0 Å². The lowest BCUT2D eigenvalue weighted by Crippen LogP contribution is -2.33. The van der Waals surface area contributed by atoms with Gasteiger partial charge in [0, 0.05) is 11.6 Å². The van der Waals surface area contributed by atoms with Gasteiger partial charge >= 0.3 is 0 Å². The van der Waals surface area contributed by atoms with Crippen LogP contribution in [-0.2, 0) is 0 Å². The van der Waals surface area contributed by atoms with Gasteiger partial charge in [-0.05, 0) is 38.7 Å². The molecule has 1 N–H and O–H groups in total. The lowest BCUT2D eigenvalue weighted by Gasteiger charge is -2.15. The van der Waals surface area contributed by atoms with Crippen LogP contribution in [0.25, 0.3) is 0 Å². The van der Waals surface area contributed by atoms with Gasteiger partial charge in [-0.1, -0.05) is 26.0 Å². The van der Waals surface area contributed by atoms with Gasteiger partial charge in [-0.25, -0.2) is 0 Å². The summed E-state index contributed by atoms with van der Waals surface area (Å²) in [6.07, 6.45) is 1.88. The molecule has 0 fully saturated rings. The van der Waals surface area contributed by atoms with Crippen LogP contribution in [0.1, 0.15) is 49.5 Å². The SMILES string of the molecule is Cc1cccc(C(=O)N[C@H](C)CCC(C)C)c1[N+](=O)[O-]. The zero-order chi connectivity index (χ0) is 15.3. The minimum atomic E-state index is -0.497. The molecule has 0 saturated heterocycles. The zero-order valence-corrected chi connectivity index (χ0v) is 12.5. The molecule has 0 radical (unpaired) electrons. The van der Waals surface area contributed by atoms with Crippen LogP contribution in [0.5, 0.6) is 0 Å². The summed E-state index contributed by atoms with van der Waals surface area (Å²) in [7, 11) is 0. The van der Waals surface area contributed by atoms with Crippen LogP contribution in [0, 0.1) is 23.0 Å². The molecule has 20 heavy (non-hydrogen) atoms. The molecule has 1 amide bonds. The maximum absolute atomic E-state index is 12.2. The highest BCUT2D eigenvalue weighted by Gasteiger charge is 2.23. The Morgan fingerprint density at radius 2 is 1.95 bits per heavy atom. The Labute approximate surface area is 119 Å². The number of nitrogens with zero attached hydrogens (tertiary/aromatic N) is 1. The molecule has 1 atom stereocenters. The fraction of sp³-hybridized carbons (Fsp3) is 0.533. The van der Waals surface area contributed by atoms with Gasteiger partial charge < -0.3 is 5.32 Å². The third-order valence-corrected chi connectivity index (χ3v) is 3.22. The summed E-state index contributed by atoms with van der Waals surface area (Å²) in [6.45, 7) is 7.80. The predicted octanol–water partition coefficient (Wildman–Crippen LogP) is 3.46. The van der Waals surface area contributed by atoms with Crippen LogP contribution >= 0.6 is 0 Å². The van der Waals surface area contributed by atoms with Crippen molar-refractivity contribution in [3.05, 3.63) is 39.4 Å². The minimum absolute atomic E-state index is 0.00464. The highest BCUT2D eigenvalue weighted by atomic mass is 16.6. The summed E-state index contributed by atoms with van der Waals surface area (Å²) >= 11 is 0. The number of carbonyl (C=O) groups excluding carboxylic acids is 1. The number of hydrogen-bond acceptors (Lipinski definition) is 3. The van der Waals surface area contributed by atoms with Gasteiger partial charge in [0.25, 0.3) is 11.6 Å². The highest BCUT2D eigenvalue weighted by molar-refractivity contribution is 5.98. The Morgan fingerprint density at radius 1 is 1.30 bits per heavy atom. The second-order valence-corrected chi connectivity index (χ2v) is 5.57. The van der Waals surface area contributed by atoms with Gasteiger partial charge in [0.1, 0.15) is 5.56 Å². The van der Waals surface area contributed by atoms with Crippen molar-refractivity contribution in [2.45, 2.75) is 46.6 Å². The molecule has 5 nitrogen and oxygen atoms in total. The molecule has 5 heteroatoms. The Balaban J connectivity index is 2.83. The van der Waals surface area contributed by atoms with Crippen molar-refractivity contribution in [3.8, 4) is 0 Å². The fourth-order valence-corrected chi connectivity index (χ4v) is 2.04. The average Bonchev–Trinajstić information content (AvgIpc) is 2.35. The van der Waals surface area contributed by atoms with Crippen molar-refractivity contribution < 1.29 is 9.72 Å². The molecule has 1 rings (SSSR count). The van der Waals surface area contributed by atoms with E-state index in [9.17, 15) is 14.9 Å². The van der Waals surface area contributed by atoms with E-state index in [1.54, 1.807) is 19.1 Å². The summed E-state index contributed by atoms with van der Waals surface area (Å²) in [5.74, 6) is 0.194. The second-order valence-electron chi connectivity index (χ2n) is 5.57. The largest absolute Gasteiger partial charge is 0.349 e. The van der Waals surface area contributed by atoms with Gasteiger partial charge in [0.15, 0.2) is 0 Å². The first-order valence-electron chi connectivity index (χ1n) is 6.87. The summed E-state index contributed by atoms with van der Waals surface area (Å²) in [5.41, 5.74) is 0.518. The molecule has 0 aliphatic heterocycles. The quantitative estimate of drug-likeness (QED) is 0.639. The third kappa shape index (κ3) is 4.33. The average molecular weight is 278 g/mol. The molecule has 0 aliphatic rings. The van der Waals surface area contributed by atoms with Crippen molar-refractivity contribution >= 4 is 11.6 Å². The second kappa shape index (κ2) is 7.03. The molecule has 1 aromatic carbocycles. The van der Waals surface area contributed by atoms with Crippen LogP contribution < -0.4 is 5.32 Å². The summed E-state index contributed by atoms with van der Waals surface area (Å²) in [5, 5.41) is 13.9. The fourth-order valence-electron chi connectivity index (χ4n) is 2.04. The maximum Gasteiger partial charge on any atom is 0.285 e.